The maximum Gasteiger partial charge on any atom is 0.270 e. The summed E-state index contributed by atoms with van der Waals surface area (Å²) in [6.07, 6.45) is 8.33. The van der Waals surface area contributed by atoms with E-state index in [-0.39, 0.29) is 24.7 Å². The highest BCUT2D eigenvalue weighted by Crippen LogP contribution is 2.33. The summed E-state index contributed by atoms with van der Waals surface area (Å²) >= 11 is 0. The fraction of sp³-hybridized carbons (Fsp3) is 0.371. The van der Waals surface area contributed by atoms with Crippen LogP contribution in [0, 0.1) is 11.7 Å². The molecule has 8 nitrogen and oxygen atoms in total. The molecule has 2 fully saturated rings. The molecule has 10 heteroatoms. The van der Waals surface area contributed by atoms with Gasteiger partial charge in [0.2, 0.25) is 11.8 Å². The molecule has 0 spiro atoms. The monoisotopic (exact) mass is 613 g/mol. The van der Waals surface area contributed by atoms with Crippen molar-refractivity contribution in [2.75, 3.05) is 26.2 Å². The van der Waals surface area contributed by atoms with Gasteiger partial charge in [0.1, 0.15) is 23.7 Å². The fourth-order valence-electron chi connectivity index (χ4n) is 5.98. The molecule has 3 N–H and O–H groups in total. The molecular formula is C35H37F2N5O3. The van der Waals surface area contributed by atoms with E-state index in [0.29, 0.717) is 16.8 Å². The standard InChI is InChI=1S/C35H37F2N5O3/c1-21(29-17-25(23-12-14-38-15-13-23)7-6-24(29)5-4-22-2-3-22)40-35(45)32-18-28(37)20-42(32)33(43)19-39-34(44)31-10-8-26-16-27(36)9-11-30(26)41-31/h4-12,16-17,21-22,28,32,38H,2-3,13-15,18-20H2,1H3,(H,39,44)(H,40,45)/b5-4+/t21-,28+,32-/m0/s1. The van der Waals surface area contributed by atoms with Crippen LogP contribution in [0.25, 0.3) is 22.6 Å². The molecule has 0 radical (unpaired) electrons. The van der Waals surface area contributed by atoms with Crippen molar-refractivity contribution in [3.8, 4) is 0 Å². The summed E-state index contributed by atoms with van der Waals surface area (Å²) in [7, 11) is 0. The van der Waals surface area contributed by atoms with Crippen molar-refractivity contribution in [2.45, 2.75) is 50.9 Å². The van der Waals surface area contributed by atoms with E-state index < -0.39 is 42.3 Å². The highest BCUT2D eigenvalue weighted by molar-refractivity contribution is 5.97. The van der Waals surface area contributed by atoms with Gasteiger partial charge in [-0.25, -0.2) is 13.8 Å². The van der Waals surface area contributed by atoms with Gasteiger partial charge >= 0.3 is 0 Å². The van der Waals surface area contributed by atoms with Crippen LogP contribution in [0.1, 0.15) is 65.8 Å². The second-order valence-electron chi connectivity index (χ2n) is 12.1. The van der Waals surface area contributed by atoms with Crippen molar-refractivity contribution in [1.82, 2.24) is 25.8 Å². The molecule has 2 aliphatic heterocycles. The van der Waals surface area contributed by atoms with Gasteiger partial charge in [-0.2, -0.15) is 0 Å². The van der Waals surface area contributed by atoms with Gasteiger partial charge in [-0.05, 0) is 91.2 Å². The number of alkyl halides is 1. The van der Waals surface area contributed by atoms with Crippen molar-refractivity contribution in [3.05, 3.63) is 88.9 Å². The Morgan fingerprint density at radius 2 is 1.98 bits per heavy atom. The lowest BCUT2D eigenvalue weighted by atomic mass is 9.92. The highest BCUT2D eigenvalue weighted by Gasteiger charge is 2.40. The molecule has 1 aromatic heterocycles. The van der Waals surface area contributed by atoms with Crippen LogP contribution in [0.3, 0.4) is 0 Å². The Morgan fingerprint density at radius 1 is 1.13 bits per heavy atom. The number of rotatable bonds is 9. The van der Waals surface area contributed by atoms with Gasteiger partial charge in [-0.3, -0.25) is 14.4 Å². The molecule has 3 amide bonds. The van der Waals surface area contributed by atoms with E-state index in [1.807, 2.05) is 6.92 Å². The molecule has 0 unspecified atom stereocenters. The second kappa shape index (κ2) is 13.3. The topological polar surface area (TPSA) is 103 Å². The maximum absolute atomic E-state index is 14.6. The van der Waals surface area contributed by atoms with E-state index in [2.05, 4.69) is 57.4 Å². The largest absolute Gasteiger partial charge is 0.348 e. The minimum Gasteiger partial charge on any atom is -0.348 e. The number of carbonyl (C=O) groups excluding carboxylic acids is 3. The summed E-state index contributed by atoms with van der Waals surface area (Å²) < 4.78 is 28.1. The Balaban J connectivity index is 1.13. The van der Waals surface area contributed by atoms with Gasteiger partial charge in [-0.1, -0.05) is 36.4 Å². The number of allylic oxidation sites excluding steroid dienone is 1. The molecule has 1 aliphatic carbocycles. The lowest BCUT2D eigenvalue weighted by molar-refractivity contribution is -0.138. The number of likely N-dealkylation sites (tertiary alicyclic amines) is 1. The molecule has 1 saturated heterocycles. The summed E-state index contributed by atoms with van der Waals surface area (Å²) in [5.74, 6) is -1.42. The number of nitrogens with zero attached hydrogens (tertiary/aromatic N) is 2. The molecule has 3 heterocycles. The molecule has 45 heavy (non-hydrogen) atoms. The van der Waals surface area contributed by atoms with Crippen molar-refractivity contribution in [2.24, 2.45) is 5.92 Å². The van der Waals surface area contributed by atoms with Crippen LogP contribution in [0.15, 0.2) is 60.7 Å². The Bertz CT molecular complexity index is 1680. The van der Waals surface area contributed by atoms with Crippen LogP contribution >= 0.6 is 0 Å². The van der Waals surface area contributed by atoms with Crippen LogP contribution in [-0.4, -0.2) is 66.0 Å². The van der Waals surface area contributed by atoms with Gasteiger partial charge in [0, 0.05) is 18.4 Å². The van der Waals surface area contributed by atoms with Gasteiger partial charge in [0.05, 0.1) is 24.6 Å². The lowest BCUT2D eigenvalue weighted by Gasteiger charge is -2.26. The molecular weight excluding hydrogens is 576 g/mol. The average molecular weight is 614 g/mol. The SMILES string of the molecule is C[C@H](NC(=O)[C@@H]1C[C@@H](F)CN1C(=O)CNC(=O)c1ccc2cc(F)ccc2n1)c1cc(C2=CCNCC2)ccc1/C=C/C1CC1. The minimum absolute atomic E-state index is 0.0591. The first-order chi connectivity index (χ1) is 21.7. The van der Waals surface area contributed by atoms with Gasteiger partial charge < -0.3 is 20.9 Å². The number of benzene rings is 2. The molecule has 3 aromatic rings. The quantitative estimate of drug-likeness (QED) is 0.324. The number of halogens is 2. The van der Waals surface area contributed by atoms with Crippen LogP contribution < -0.4 is 16.0 Å². The van der Waals surface area contributed by atoms with E-state index in [4.69, 9.17) is 0 Å². The molecule has 1 saturated carbocycles. The predicted octanol–water partition coefficient (Wildman–Crippen LogP) is 4.72. The van der Waals surface area contributed by atoms with Crippen LogP contribution in [-0.2, 0) is 9.59 Å². The number of aromatic nitrogens is 1. The zero-order valence-electron chi connectivity index (χ0n) is 25.2. The van der Waals surface area contributed by atoms with Gasteiger partial charge in [-0.15, -0.1) is 0 Å². The fourth-order valence-corrected chi connectivity index (χ4v) is 5.98. The lowest BCUT2D eigenvalue weighted by Crippen LogP contribution is -2.49. The number of hydrogen-bond acceptors (Lipinski definition) is 5. The Hall–Kier alpha value is -4.44. The third-order valence-electron chi connectivity index (χ3n) is 8.67. The molecule has 0 bridgehead atoms. The van der Waals surface area contributed by atoms with Gasteiger partial charge in [0.15, 0.2) is 0 Å². The highest BCUT2D eigenvalue weighted by atomic mass is 19.1. The van der Waals surface area contributed by atoms with E-state index in [1.165, 1.54) is 47.6 Å². The number of carbonyl (C=O) groups is 3. The Morgan fingerprint density at radius 3 is 2.76 bits per heavy atom. The predicted molar refractivity (Wildman–Crippen MR) is 169 cm³/mol. The van der Waals surface area contributed by atoms with Crippen molar-refractivity contribution >= 4 is 40.3 Å². The smallest absolute Gasteiger partial charge is 0.270 e. The summed E-state index contributed by atoms with van der Waals surface area (Å²) in [6.45, 7) is 2.98. The van der Waals surface area contributed by atoms with Crippen LogP contribution in [0.4, 0.5) is 8.78 Å². The Kier molecular flexibility index (Phi) is 9.02. The zero-order chi connectivity index (χ0) is 31.5. The van der Waals surface area contributed by atoms with Crippen molar-refractivity contribution in [3.63, 3.8) is 0 Å². The van der Waals surface area contributed by atoms with Crippen molar-refractivity contribution in [1.29, 1.82) is 0 Å². The van der Waals surface area contributed by atoms with E-state index >= 15 is 0 Å². The van der Waals surface area contributed by atoms with E-state index in [9.17, 15) is 23.2 Å². The van der Waals surface area contributed by atoms with Crippen LogP contribution in [0.2, 0.25) is 0 Å². The summed E-state index contributed by atoms with van der Waals surface area (Å²) in [5.41, 5.74) is 4.85. The van der Waals surface area contributed by atoms with E-state index in [0.717, 1.165) is 36.2 Å². The van der Waals surface area contributed by atoms with Crippen molar-refractivity contribution < 1.29 is 23.2 Å². The number of fused-ring (bicyclic) bond motifs is 1. The average Bonchev–Trinajstić information content (AvgIpc) is 3.80. The minimum atomic E-state index is -1.36. The van der Waals surface area contributed by atoms with E-state index in [1.54, 1.807) is 6.07 Å². The number of pyridine rings is 1. The molecule has 2 aromatic carbocycles. The molecule has 234 valence electrons. The summed E-state index contributed by atoms with van der Waals surface area (Å²) in [6, 6.07) is 12.0. The molecule has 3 atom stereocenters. The number of hydrogen-bond donors (Lipinski definition) is 3. The second-order valence-corrected chi connectivity index (χ2v) is 12.1. The maximum atomic E-state index is 14.6. The molecule has 6 rings (SSSR count). The summed E-state index contributed by atoms with van der Waals surface area (Å²) in [5, 5.41) is 9.44. The van der Waals surface area contributed by atoms with Gasteiger partial charge in [0.25, 0.3) is 5.91 Å². The third kappa shape index (κ3) is 7.28. The first-order valence-electron chi connectivity index (χ1n) is 15.6. The van der Waals surface area contributed by atoms with Crippen LogP contribution in [0.5, 0.6) is 0 Å². The zero-order valence-corrected chi connectivity index (χ0v) is 25.2. The first kappa shape index (κ1) is 30.6. The normalized spacial score (nSPS) is 20.7. The Labute approximate surface area is 261 Å². The third-order valence-corrected chi connectivity index (χ3v) is 8.67. The first-order valence-corrected chi connectivity index (χ1v) is 15.6. The number of amides is 3. The summed E-state index contributed by atoms with van der Waals surface area (Å²) in [4.78, 5) is 44.9. The number of nitrogens with one attached hydrogen (secondary N) is 3. The molecule has 3 aliphatic rings.